The van der Waals surface area contributed by atoms with Crippen LogP contribution in [-0.2, 0) is 14.4 Å². The second-order valence-corrected chi connectivity index (χ2v) is 11.2. The van der Waals surface area contributed by atoms with Crippen molar-refractivity contribution >= 4 is 35.4 Å². The van der Waals surface area contributed by atoms with Crippen LogP contribution in [0.3, 0.4) is 0 Å². The van der Waals surface area contributed by atoms with Crippen LogP contribution in [0.4, 0.5) is 0 Å². The second kappa shape index (κ2) is 19.8. The van der Waals surface area contributed by atoms with E-state index in [9.17, 15) is 24.0 Å². The third-order valence-corrected chi connectivity index (χ3v) is 7.43. The predicted molar refractivity (Wildman–Crippen MR) is 185 cm³/mol. The standard InChI is InChI=1S/C35H44N8O6/c36-20-8-7-14-27(42-33(47)28(15-9-21-40-35(38)39)41-32(46)25-12-5-2-6-13-25)34(48)43-30(31(37)45)24-16-18-26(19-17-24)49-22-29(44)23-10-3-1-4-11-23/h1-6,10-13,16-19,27-28,30H,7-9,14-15,20-22,36H2,(H2,37,45)(H,41,46)(H,42,47)(H,43,48)(H4,38,39,40)/t27-,28-,30+/m0/s1. The highest BCUT2D eigenvalue weighted by Gasteiger charge is 2.29. The van der Waals surface area contributed by atoms with E-state index in [1.54, 1.807) is 78.9 Å². The Labute approximate surface area is 285 Å². The van der Waals surface area contributed by atoms with Crippen molar-refractivity contribution < 1.29 is 28.7 Å². The van der Waals surface area contributed by atoms with Gasteiger partial charge in [0.05, 0.1) is 0 Å². The van der Waals surface area contributed by atoms with E-state index in [1.807, 2.05) is 6.07 Å². The summed E-state index contributed by atoms with van der Waals surface area (Å²) in [5.74, 6) is -2.50. The van der Waals surface area contributed by atoms with Crippen LogP contribution in [0.15, 0.2) is 89.9 Å². The SMILES string of the molecule is NCCCC[C@H](NC(=O)[C@H](CCCN=C(N)N)NC(=O)c1ccccc1)C(=O)N[C@@H](C(N)=O)c1ccc(OCC(=O)c2ccccc2)cc1. The van der Waals surface area contributed by atoms with Crippen molar-refractivity contribution in [1.29, 1.82) is 0 Å². The van der Waals surface area contributed by atoms with E-state index in [-0.39, 0.29) is 37.7 Å². The zero-order valence-corrected chi connectivity index (χ0v) is 27.2. The van der Waals surface area contributed by atoms with Gasteiger partial charge < -0.3 is 43.6 Å². The highest BCUT2D eigenvalue weighted by molar-refractivity contribution is 5.99. The van der Waals surface area contributed by atoms with Crippen LogP contribution in [0.2, 0.25) is 0 Å². The lowest BCUT2D eigenvalue weighted by atomic mass is 10.0. The Morgan fingerprint density at radius 1 is 0.673 bits per heavy atom. The van der Waals surface area contributed by atoms with Crippen LogP contribution in [0, 0.1) is 0 Å². The lowest BCUT2D eigenvalue weighted by molar-refractivity contribution is -0.132. The molecule has 0 heterocycles. The molecule has 260 valence electrons. The van der Waals surface area contributed by atoms with Crippen molar-refractivity contribution in [3.8, 4) is 5.75 Å². The van der Waals surface area contributed by atoms with Gasteiger partial charge in [0, 0.05) is 17.7 Å². The van der Waals surface area contributed by atoms with E-state index in [2.05, 4.69) is 20.9 Å². The third-order valence-electron chi connectivity index (χ3n) is 7.43. The summed E-state index contributed by atoms with van der Waals surface area (Å²) in [5.41, 5.74) is 23.4. The number of primary amides is 1. The minimum atomic E-state index is -1.24. The van der Waals surface area contributed by atoms with Gasteiger partial charge in [-0.1, -0.05) is 60.7 Å². The third kappa shape index (κ3) is 12.8. The molecule has 0 saturated heterocycles. The summed E-state index contributed by atoms with van der Waals surface area (Å²) in [6.07, 6.45) is 1.82. The van der Waals surface area contributed by atoms with E-state index in [1.165, 1.54) is 0 Å². The quantitative estimate of drug-likeness (QED) is 0.0392. The van der Waals surface area contributed by atoms with Gasteiger partial charge in [0.25, 0.3) is 5.91 Å². The van der Waals surface area contributed by atoms with Crippen LogP contribution in [0.5, 0.6) is 5.75 Å². The van der Waals surface area contributed by atoms with Gasteiger partial charge in [0.1, 0.15) is 23.9 Å². The van der Waals surface area contributed by atoms with E-state index in [0.29, 0.717) is 48.2 Å². The number of unbranched alkanes of at least 4 members (excludes halogenated alkanes) is 1. The number of aliphatic imine (C=N–C) groups is 1. The van der Waals surface area contributed by atoms with Crippen LogP contribution in [0.1, 0.15) is 64.4 Å². The van der Waals surface area contributed by atoms with Crippen LogP contribution in [-0.4, -0.2) is 67.2 Å². The van der Waals surface area contributed by atoms with Crippen LogP contribution in [0.25, 0.3) is 0 Å². The molecule has 0 unspecified atom stereocenters. The first kappa shape index (κ1) is 37.7. The minimum absolute atomic E-state index is 0.102. The highest BCUT2D eigenvalue weighted by Crippen LogP contribution is 2.19. The Bertz CT molecular complexity index is 1560. The molecule has 11 N–H and O–H groups in total. The summed E-state index contributed by atoms with van der Waals surface area (Å²) in [4.78, 5) is 68.9. The Morgan fingerprint density at radius 2 is 1.24 bits per heavy atom. The van der Waals surface area contributed by atoms with Gasteiger partial charge in [-0.2, -0.15) is 0 Å². The first-order valence-corrected chi connectivity index (χ1v) is 15.9. The Morgan fingerprint density at radius 3 is 1.84 bits per heavy atom. The van der Waals surface area contributed by atoms with Crippen LogP contribution < -0.4 is 43.6 Å². The van der Waals surface area contributed by atoms with Crippen molar-refractivity contribution in [2.75, 3.05) is 19.7 Å². The fourth-order valence-corrected chi connectivity index (χ4v) is 4.81. The molecule has 49 heavy (non-hydrogen) atoms. The first-order valence-electron chi connectivity index (χ1n) is 15.9. The summed E-state index contributed by atoms with van der Waals surface area (Å²) < 4.78 is 5.60. The molecule has 3 aromatic carbocycles. The molecule has 0 aliphatic carbocycles. The number of ketones is 1. The molecule has 0 saturated carbocycles. The molecule has 0 aliphatic rings. The van der Waals surface area contributed by atoms with E-state index < -0.39 is 41.8 Å². The minimum Gasteiger partial charge on any atom is -0.485 e. The lowest BCUT2D eigenvalue weighted by Gasteiger charge is -2.25. The van der Waals surface area contributed by atoms with Crippen molar-refractivity contribution in [1.82, 2.24) is 16.0 Å². The number of carbonyl (C=O) groups excluding carboxylic acids is 5. The molecule has 14 heteroatoms. The van der Waals surface area contributed by atoms with Gasteiger partial charge in [-0.3, -0.25) is 29.0 Å². The number of hydrogen-bond acceptors (Lipinski definition) is 8. The molecule has 3 rings (SSSR count). The monoisotopic (exact) mass is 672 g/mol. The summed E-state index contributed by atoms with van der Waals surface area (Å²) >= 11 is 0. The first-order chi connectivity index (χ1) is 23.6. The zero-order chi connectivity index (χ0) is 35.6. The smallest absolute Gasteiger partial charge is 0.251 e. The summed E-state index contributed by atoms with van der Waals surface area (Å²) in [6, 6.07) is 19.9. The summed E-state index contributed by atoms with van der Waals surface area (Å²) in [5, 5.41) is 8.10. The molecule has 0 aliphatic heterocycles. The van der Waals surface area contributed by atoms with E-state index in [4.69, 9.17) is 27.7 Å². The number of nitrogens with two attached hydrogens (primary N) is 4. The van der Waals surface area contributed by atoms with E-state index in [0.717, 1.165) is 0 Å². The number of nitrogens with zero attached hydrogens (tertiary/aromatic N) is 1. The number of carbonyl (C=O) groups is 5. The maximum absolute atomic E-state index is 13.6. The molecule has 0 radical (unpaired) electrons. The Balaban J connectivity index is 1.72. The number of amides is 4. The van der Waals surface area contributed by atoms with Crippen LogP contribution >= 0.6 is 0 Å². The number of nitrogens with one attached hydrogen (secondary N) is 3. The highest BCUT2D eigenvalue weighted by atomic mass is 16.5. The number of ether oxygens (including phenoxy) is 1. The number of benzene rings is 3. The molecule has 0 aromatic heterocycles. The molecule has 0 bridgehead atoms. The molecule has 3 atom stereocenters. The second-order valence-electron chi connectivity index (χ2n) is 11.2. The molecule has 14 nitrogen and oxygen atoms in total. The van der Waals surface area contributed by atoms with Crippen molar-refractivity contribution in [3.63, 3.8) is 0 Å². The number of guanidine groups is 1. The fraction of sp³-hybridized carbons (Fsp3) is 0.314. The molecule has 0 spiro atoms. The normalized spacial score (nSPS) is 12.4. The lowest BCUT2D eigenvalue weighted by Crippen LogP contribution is -2.54. The zero-order valence-electron chi connectivity index (χ0n) is 27.2. The largest absolute Gasteiger partial charge is 0.485 e. The van der Waals surface area contributed by atoms with Gasteiger partial charge in [-0.05, 0) is 68.5 Å². The van der Waals surface area contributed by atoms with E-state index >= 15 is 0 Å². The molecule has 0 fully saturated rings. The average Bonchev–Trinajstić information content (AvgIpc) is 3.11. The summed E-state index contributed by atoms with van der Waals surface area (Å²) in [6.45, 7) is 0.407. The molecular weight excluding hydrogens is 628 g/mol. The Hall–Kier alpha value is -5.76. The maximum Gasteiger partial charge on any atom is 0.251 e. The molecular formula is C35H44N8O6. The summed E-state index contributed by atoms with van der Waals surface area (Å²) in [7, 11) is 0. The van der Waals surface area contributed by atoms with Gasteiger partial charge >= 0.3 is 0 Å². The topological polar surface area (TPSA) is 247 Å². The maximum atomic E-state index is 13.6. The Kier molecular flexibility index (Phi) is 15.2. The molecule has 4 amide bonds. The van der Waals surface area contributed by atoms with Crippen molar-refractivity contribution in [2.45, 2.75) is 50.2 Å². The fourth-order valence-electron chi connectivity index (χ4n) is 4.81. The molecule has 3 aromatic rings. The predicted octanol–water partition coefficient (Wildman–Crippen LogP) is 1.06. The number of hydrogen-bond donors (Lipinski definition) is 7. The number of rotatable bonds is 20. The average molecular weight is 673 g/mol. The van der Waals surface area contributed by atoms with Gasteiger partial charge in [-0.25, -0.2) is 0 Å². The van der Waals surface area contributed by atoms with Gasteiger partial charge in [0.15, 0.2) is 18.3 Å². The van der Waals surface area contributed by atoms with Crippen molar-refractivity contribution in [3.05, 3.63) is 102 Å². The van der Waals surface area contributed by atoms with Gasteiger partial charge in [-0.15, -0.1) is 0 Å². The van der Waals surface area contributed by atoms with Crippen molar-refractivity contribution in [2.24, 2.45) is 27.9 Å². The number of Topliss-reactive ketones (excluding diaryl/α,β-unsaturated/α-hetero) is 1. The van der Waals surface area contributed by atoms with Gasteiger partial charge in [0.2, 0.25) is 17.7 Å².